The normalized spacial score (nSPS) is 13.0. The van der Waals surface area contributed by atoms with Crippen molar-refractivity contribution in [2.75, 3.05) is 19.8 Å². The summed E-state index contributed by atoms with van der Waals surface area (Å²) in [5.74, 6) is 0. The zero-order valence-corrected chi connectivity index (χ0v) is 10.9. The number of hydrogen-bond donors (Lipinski definition) is 1. The molecular formula is C11H20ClN3O. The van der Waals surface area contributed by atoms with E-state index in [4.69, 9.17) is 16.3 Å². The molecule has 0 aliphatic rings. The van der Waals surface area contributed by atoms with Crippen LogP contribution in [0.1, 0.15) is 32.0 Å². The number of hydrogen-bond acceptors (Lipinski definition) is 3. The molecule has 0 radical (unpaired) electrons. The lowest BCUT2D eigenvalue weighted by atomic mass is 10.2. The maximum Gasteiger partial charge on any atom is 0.0834 e. The second kappa shape index (κ2) is 6.89. The van der Waals surface area contributed by atoms with E-state index < -0.39 is 0 Å². The topological polar surface area (TPSA) is 39.1 Å². The molecule has 0 bridgehead atoms. The Balaban J connectivity index is 2.74. The van der Waals surface area contributed by atoms with Crippen molar-refractivity contribution in [3.63, 3.8) is 0 Å². The maximum atomic E-state index is 6.12. The Morgan fingerprint density at radius 3 is 2.81 bits per heavy atom. The van der Waals surface area contributed by atoms with E-state index in [-0.39, 0.29) is 6.04 Å². The highest BCUT2D eigenvalue weighted by Crippen LogP contribution is 2.22. The van der Waals surface area contributed by atoms with Gasteiger partial charge in [0.15, 0.2) is 0 Å². The van der Waals surface area contributed by atoms with Crippen LogP contribution >= 0.6 is 11.6 Å². The molecule has 0 fully saturated rings. The molecular weight excluding hydrogens is 226 g/mol. The molecule has 0 saturated heterocycles. The third-order valence-electron chi connectivity index (χ3n) is 2.40. The molecule has 5 heteroatoms. The van der Waals surface area contributed by atoms with Gasteiger partial charge in [-0.3, -0.25) is 4.68 Å². The lowest BCUT2D eigenvalue weighted by molar-refractivity contribution is 0.120. The second-order valence-electron chi connectivity index (χ2n) is 3.67. The van der Waals surface area contributed by atoms with Crippen LogP contribution in [0.25, 0.3) is 0 Å². The molecule has 0 saturated carbocycles. The summed E-state index contributed by atoms with van der Waals surface area (Å²) in [6.45, 7) is 6.39. The predicted octanol–water partition coefficient (Wildman–Crippen LogP) is 2.15. The summed E-state index contributed by atoms with van der Waals surface area (Å²) in [6.07, 6.45) is 2.75. The van der Waals surface area contributed by atoms with E-state index in [1.807, 2.05) is 14.0 Å². The molecule has 16 heavy (non-hydrogen) atoms. The molecule has 1 aromatic heterocycles. The maximum absolute atomic E-state index is 6.12. The smallest absolute Gasteiger partial charge is 0.0834 e. The van der Waals surface area contributed by atoms with Crippen LogP contribution in [0.2, 0.25) is 5.02 Å². The minimum absolute atomic E-state index is 0.111. The summed E-state index contributed by atoms with van der Waals surface area (Å²) in [7, 11) is 1.90. The summed E-state index contributed by atoms with van der Waals surface area (Å²) in [5.41, 5.74) is 0.989. The van der Waals surface area contributed by atoms with Crippen LogP contribution in [0.15, 0.2) is 6.20 Å². The van der Waals surface area contributed by atoms with Crippen molar-refractivity contribution in [3.05, 3.63) is 16.9 Å². The fourth-order valence-corrected chi connectivity index (χ4v) is 1.90. The number of nitrogens with zero attached hydrogens (tertiary/aromatic N) is 2. The van der Waals surface area contributed by atoms with Crippen LogP contribution in [0, 0.1) is 0 Å². The van der Waals surface area contributed by atoms with Gasteiger partial charge in [0, 0.05) is 13.7 Å². The van der Waals surface area contributed by atoms with Gasteiger partial charge in [-0.05, 0) is 19.9 Å². The summed E-state index contributed by atoms with van der Waals surface area (Å²) >= 11 is 6.12. The van der Waals surface area contributed by atoms with Gasteiger partial charge in [0.1, 0.15) is 0 Å². The van der Waals surface area contributed by atoms with Crippen molar-refractivity contribution >= 4 is 11.6 Å². The van der Waals surface area contributed by atoms with E-state index in [1.165, 1.54) is 0 Å². The first kappa shape index (κ1) is 13.5. The molecule has 4 nitrogen and oxygen atoms in total. The van der Waals surface area contributed by atoms with Crippen molar-refractivity contribution in [2.24, 2.45) is 7.05 Å². The average molecular weight is 246 g/mol. The van der Waals surface area contributed by atoms with Gasteiger partial charge < -0.3 is 10.1 Å². The molecule has 1 rings (SSSR count). The number of aryl methyl sites for hydroxylation is 1. The van der Waals surface area contributed by atoms with Crippen LogP contribution in [0.5, 0.6) is 0 Å². The first-order valence-electron chi connectivity index (χ1n) is 5.69. The summed E-state index contributed by atoms with van der Waals surface area (Å²) < 4.78 is 7.26. The quantitative estimate of drug-likeness (QED) is 0.800. The molecule has 0 amide bonds. The molecule has 1 atom stereocenters. The molecule has 0 aliphatic heterocycles. The minimum Gasteiger partial charge on any atom is -0.380 e. The first-order chi connectivity index (χ1) is 7.70. The zero-order valence-electron chi connectivity index (χ0n) is 10.2. The minimum atomic E-state index is 0.111. The third-order valence-corrected chi connectivity index (χ3v) is 2.69. The predicted molar refractivity (Wildman–Crippen MR) is 65.7 cm³/mol. The number of ether oxygens (including phenoxy) is 1. The zero-order chi connectivity index (χ0) is 12.0. The van der Waals surface area contributed by atoms with Crippen molar-refractivity contribution in [1.29, 1.82) is 0 Å². The Kier molecular flexibility index (Phi) is 5.80. The number of rotatable bonds is 7. The van der Waals surface area contributed by atoms with Crippen LogP contribution < -0.4 is 5.32 Å². The Bertz CT molecular complexity index is 287. The summed E-state index contributed by atoms with van der Waals surface area (Å²) in [5, 5.41) is 8.25. The second-order valence-corrected chi connectivity index (χ2v) is 4.07. The van der Waals surface area contributed by atoms with Crippen LogP contribution in [0.3, 0.4) is 0 Å². The Morgan fingerprint density at radius 2 is 2.31 bits per heavy atom. The highest BCUT2D eigenvalue weighted by molar-refractivity contribution is 6.31. The van der Waals surface area contributed by atoms with Gasteiger partial charge in [-0.25, -0.2) is 0 Å². The fourth-order valence-electron chi connectivity index (χ4n) is 1.60. The van der Waals surface area contributed by atoms with Gasteiger partial charge in [-0.1, -0.05) is 18.5 Å². The molecule has 1 aromatic rings. The molecule has 1 unspecified atom stereocenters. The standard InChI is InChI=1S/C11H20ClN3O/c1-4-6-13-10(8-16-5-2)11-9(12)7-14-15(11)3/h7,10,13H,4-6,8H2,1-3H3. The van der Waals surface area contributed by atoms with Crippen LogP contribution in [-0.4, -0.2) is 29.5 Å². The molecule has 0 aliphatic carbocycles. The fraction of sp³-hybridized carbons (Fsp3) is 0.727. The Labute approximate surface area is 102 Å². The number of halogens is 1. The highest BCUT2D eigenvalue weighted by atomic mass is 35.5. The number of aromatic nitrogens is 2. The molecule has 1 heterocycles. The Morgan fingerprint density at radius 1 is 1.56 bits per heavy atom. The largest absolute Gasteiger partial charge is 0.380 e. The lowest BCUT2D eigenvalue weighted by Gasteiger charge is -2.19. The molecule has 1 N–H and O–H groups in total. The molecule has 0 spiro atoms. The van der Waals surface area contributed by atoms with E-state index in [0.717, 1.165) is 18.7 Å². The Hall–Kier alpha value is -0.580. The van der Waals surface area contributed by atoms with E-state index in [2.05, 4.69) is 17.3 Å². The van der Waals surface area contributed by atoms with Crippen molar-refractivity contribution in [3.8, 4) is 0 Å². The molecule has 0 aromatic carbocycles. The van der Waals surface area contributed by atoms with Crippen molar-refractivity contribution < 1.29 is 4.74 Å². The van der Waals surface area contributed by atoms with E-state index in [9.17, 15) is 0 Å². The molecule has 92 valence electrons. The van der Waals surface area contributed by atoms with Crippen LogP contribution in [-0.2, 0) is 11.8 Å². The number of nitrogens with one attached hydrogen (secondary N) is 1. The van der Waals surface area contributed by atoms with Gasteiger partial charge in [-0.2, -0.15) is 5.10 Å². The van der Waals surface area contributed by atoms with Crippen molar-refractivity contribution in [1.82, 2.24) is 15.1 Å². The average Bonchev–Trinajstić information content (AvgIpc) is 2.60. The monoisotopic (exact) mass is 245 g/mol. The third kappa shape index (κ3) is 3.47. The summed E-state index contributed by atoms with van der Waals surface area (Å²) in [4.78, 5) is 0. The SMILES string of the molecule is CCCNC(COCC)c1c(Cl)cnn1C. The van der Waals surface area contributed by atoms with Gasteiger partial charge in [0.25, 0.3) is 0 Å². The summed E-state index contributed by atoms with van der Waals surface area (Å²) in [6, 6.07) is 0.111. The highest BCUT2D eigenvalue weighted by Gasteiger charge is 2.18. The van der Waals surface area contributed by atoms with Crippen LogP contribution in [0.4, 0.5) is 0 Å². The van der Waals surface area contributed by atoms with Gasteiger partial charge in [-0.15, -0.1) is 0 Å². The van der Waals surface area contributed by atoms with E-state index in [1.54, 1.807) is 10.9 Å². The van der Waals surface area contributed by atoms with E-state index >= 15 is 0 Å². The lowest BCUT2D eigenvalue weighted by Crippen LogP contribution is -2.28. The van der Waals surface area contributed by atoms with Crippen molar-refractivity contribution in [2.45, 2.75) is 26.3 Å². The van der Waals surface area contributed by atoms with E-state index in [0.29, 0.717) is 18.2 Å². The first-order valence-corrected chi connectivity index (χ1v) is 6.07. The van der Waals surface area contributed by atoms with Gasteiger partial charge in [0.2, 0.25) is 0 Å². The van der Waals surface area contributed by atoms with Gasteiger partial charge in [0.05, 0.1) is 29.6 Å². The van der Waals surface area contributed by atoms with Gasteiger partial charge >= 0.3 is 0 Å².